The number of aromatic nitrogens is 4. The smallest absolute Gasteiger partial charge is 0.153 e. The zero-order chi connectivity index (χ0) is 9.80. The molecule has 2 aromatic rings. The molecule has 6 nitrogen and oxygen atoms in total. The standard InChI is InChI=1S/C8H10N6/c9-3-6-1-2-8(14-13-6)12-7-4-10-11-5-7/h1-2,4-5H,3,9H2,(H,10,11)(H,12,14). The summed E-state index contributed by atoms with van der Waals surface area (Å²) in [4.78, 5) is 0. The van der Waals surface area contributed by atoms with Crippen molar-refractivity contribution >= 4 is 11.5 Å². The summed E-state index contributed by atoms with van der Waals surface area (Å²) in [6.07, 6.45) is 3.40. The van der Waals surface area contributed by atoms with Crippen molar-refractivity contribution < 1.29 is 0 Å². The predicted molar refractivity (Wildman–Crippen MR) is 51.8 cm³/mol. The van der Waals surface area contributed by atoms with Crippen LogP contribution in [0.3, 0.4) is 0 Å². The maximum atomic E-state index is 5.40. The van der Waals surface area contributed by atoms with Gasteiger partial charge in [-0.25, -0.2) is 0 Å². The third-order valence-electron chi connectivity index (χ3n) is 1.70. The van der Waals surface area contributed by atoms with Crippen LogP contribution >= 0.6 is 0 Å². The van der Waals surface area contributed by atoms with E-state index in [2.05, 4.69) is 25.7 Å². The number of nitrogens with two attached hydrogens (primary N) is 1. The number of nitrogens with one attached hydrogen (secondary N) is 2. The second-order valence-corrected chi connectivity index (χ2v) is 2.73. The van der Waals surface area contributed by atoms with Gasteiger partial charge in [0.15, 0.2) is 5.82 Å². The SMILES string of the molecule is NCc1ccc(Nc2cn[nH]c2)nn1. The highest BCUT2D eigenvalue weighted by molar-refractivity contribution is 5.52. The molecule has 0 saturated heterocycles. The number of rotatable bonds is 3. The Labute approximate surface area is 80.5 Å². The molecule has 14 heavy (non-hydrogen) atoms. The molecular formula is C8H10N6. The fourth-order valence-electron chi connectivity index (χ4n) is 1.00. The van der Waals surface area contributed by atoms with Gasteiger partial charge in [-0.1, -0.05) is 0 Å². The maximum absolute atomic E-state index is 5.40. The quantitative estimate of drug-likeness (QED) is 0.651. The lowest BCUT2D eigenvalue weighted by molar-refractivity contribution is 0.902. The average Bonchev–Trinajstić information content (AvgIpc) is 2.72. The Hall–Kier alpha value is -1.95. The molecule has 0 aliphatic rings. The summed E-state index contributed by atoms with van der Waals surface area (Å²) in [6.45, 7) is 0.402. The molecule has 0 fully saturated rings. The molecule has 0 aliphatic heterocycles. The second-order valence-electron chi connectivity index (χ2n) is 2.73. The topological polar surface area (TPSA) is 92.5 Å². The van der Waals surface area contributed by atoms with Gasteiger partial charge in [0, 0.05) is 12.7 Å². The molecule has 0 spiro atoms. The fraction of sp³-hybridized carbons (Fsp3) is 0.125. The zero-order valence-corrected chi connectivity index (χ0v) is 7.44. The Balaban J connectivity index is 2.10. The highest BCUT2D eigenvalue weighted by Crippen LogP contribution is 2.10. The Morgan fingerprint density at radius 3 is 2.86 bits per heavy atom. The highest BCUT2D eigenvalue weighted by Gasteiger charge is 1.97. The lowest BCUT2D eigenvalue weighted by Crippen LogP contribution is -2.02. The first-order valence-corrected chi connectivity index (χ1v) is 4.17. The molecule has 4 N–H and O–H groups in total. The van der Waals surface area contributed by atoms with Crippen molar-refractivity contribution in [2.75, 3.05) is 5.32 Å². The molecule has 0 aliphatic carbocycles. The molecule has 2 rings (SSSR count). The summed E-state index contributed by atoms with van der Waals surface area (Å²) >= 11 is 0. The number of hydrogen-bond acceptors (Lipinski definition) is 5. The maximum Gasteiger partial charge on any atom is 0.153 e. The third-order valence-corrected chi connectivity index (χ3v) is 1.70. The molecule has 0 atom stereocenters. The summed E-state index contributed by atoms with van der Waals surface area (Å²) < 4.78 is 0. The van der Waals surface area contributed by atoms with Crippen LogP contribution in [0, 0.1) is 0 Å². The molecule has 0 saturated carbocycles. The van der Waals surface area contributed by atoms with E-state index >= 15 is 0 Å². The largest absolute Gasteiger partial charge is 0.336 e. The van der Waals surface area contributed by atoms with Crippen LogP contribution in [0.2, 0.25) is 0 Å². The minimum atomic E-state index is 0.402. The normalized spacial score (nSPS) is 10.1. The number of hydrogen-bond donors (Lipinski definition) is 3. The third kappa shape index (κ3) is 1.86. The molecule has 2 heterocycles. The van der Waals surface area contributed by atoms with Crippen LogP contribution in [0.25, 0.3) is 0 Å². The van der Waals surface area contributed by atoms with Gasteiger partial charge in [-0.3, -0.25) is 5.10 Å². The number of anilines is 2. The van der Waals surface area contributed by atoms with Gasteiger partial charge in [0.2, 0.25) is 0 Å². The first kappa shape index (κ1) is 8.64. The van der Waals surface area contributed by atoms with Gasteiger partial charge < -0.3 is 11.1 Å². The molecule has 0 unspecified atom stereocenters. The first-order valence-electron chi connectivity index (χ1n) is 4.17. The van der Waals surface area contributed by atoms with Crippen molar-refractivity contribution in [2.45, 2.75) is 6.54 Å². The van der Waals surface area contributed by atoms with Gasteiger partial charge in [-0.2, -0.15) is 10.2 Å². The summed E-state index contributed by atoms with van der Waals surface area (Å²) in [5.74, 6) is 0.670. The Morgan fingerprint density at radius 1 is 1.36 bits per heavy atom. The summed E-state index contributed by atoms with van der Waals surface area (Å²) in [7, 11) is 0. The van der Waals surface area contributed by atoms with E-state index in [1.807, 2.05) is 12.1 Å². The fourth-order valence-corrected chi connectivity index (χ4v) is 1.00. The van der Waals surface area contributed by atoms with Crippen LogP contribution in [-0.2, 0) is 6.54 Å². The Kier molecular flexibility index (Phi) is 2.37. The van der Waals surface area contributed by atoms with E-state index in [0.29, 0.717) is 12.4 Å². The lowest BCUT2D eigenvalue weighted by atomic mass is 10.4. The number of nitrogens with zero attached hydrogens (tertiary/aromatic N) is 3. The van der Waals surface area contributed by atoms with Gasteiger partial charge in [0.25, 0.3) is 0 Å². The predicted octanol–water partition coefficient (Wildman–Crippen LogP) is 0.402. The van der Waals surface area contributed by atoms with Crippen LogP contribution in [0.5, 0.6) is 0 Å². The van der Waals surface area contributed by atoms with E-state index in [1.54, 1.807) is 12.4 Å². The van der Waals surface area contributed by atoms with Gasteiger partial charge in [-0.05, 0) is 12.1 Å². The molecule has 72 valence electrons. The number of H-pyrrole nitrogens is 1. The second kappa shape index (κ2) is 3.84. The van der Waals surface area contributed by atoms with E-state index < -0.39 is 0 Å². The van der Waals surface area contributed by atoms with E-state index in [1.165, 1.54) is 0 Å². The molecule has 0 radical (unpaired) electrons. The molecule has 2 aromatic heterocycles. The summed E-state index contributed by atoms with van der Waals surface area (Å²) in [5.41, 5.74) is 7.01. The molecule has 6 heteroatoms. The van der Waals surface area contributed by atoms with Crippen molar-refractivity contribution in [1.29, 1.82) is 0 Å². The van der Waals surface area contributed by atoms with Crippen LogP contribution < -0.4 is 11.1 Å². The molecular weight excluding hydrogens is 180 g/mol. The minimum Gasteiger partial charge on any atom is -0.336 e. The van der Waals surface area contributed by atoms with Crippen LogP contribution in [-0.4, -0.2) is 20.4 Å². The van der Waals surface area contributed by atoms with Crippen molar-refractivity contribution in [3.63, 3.8) is 0 Å². The van der Waals surface area contributed by atoms with E-state index in [4.69, 9.17) is 5.73 Å². The number of aromatic amines is 1. The van der Waals surface area contributed by atoms with Gasteiger partial charge in [0.1, 0.15) is 0 Å². The van der Waals surface area contributed by atoms with Crippen molar-refractivity contribution in [3.05, 3.63) is 30.2 Å². The van der Waals surface area contributed by atoms with E-state index in [9.17, 15) is 0 Å². The lowest BCUT2D eigenvalue weighted by Gasteiger charge is -2.01. The van der Waals surface area contributed by atoms with Gasteiger partial charge >= 0.3 is 0 Å². The Bertz CT molecular complexity index is 379. The van der Waals surface area contributed by atoms with Crippen molar-refractivity contribution in [2.24, 2.45) is 5.73 Å². The molecule has 0 aromatic carbocycles. The Morgan fingerprint density at radius 2 is 2.29 bits per heavy atom. The summed E-state index contributed by atoms with van der Waals surface area (Å²) in [5, 5.41) is 17.4. The first-order chi connectivity index (χ1) is 6.88. The monoisotopic (exact) mass is 190 g/mol. The van der Waals surface area contributed by atoms with Gasteiger partial charge in [-0.15, -0.1) is 5.10 Å². The van der Waals surface area contributed by atoms with Crippen molar-refractivity contribution in [3.8, 4) is 0 Å². The molecule has 0 amide bonds. The van der Waals surface area contributed by atoms with Crippen LogP contribution in [0.1, 0.15) is 5.69 Å². The van der Waals surface area contributed by atoms with Gasteiger partial charge in [0.05, 0.1) is 17.6 Å². The van der Waals surface area contributed by atoms with Crippen LogP contribution in [0.15, 0.2) is 24.5 Å². The summed E-state index contributed by atoms with van der Waals surface area (Å²) in [6, 6.07) is 3.65. The zero-order valence-electron chi connectivity index (χ0n) is 7.44. The van der Waals surface area contributed by atoms with Crippen molar-refractivity contribution in [1.82, 2.24) is 20.4 Å². The minimum absolute atomic E-state index is 0.402. The van der Waals surface area contributed by atoms with E-state index in [-0.39, 0.29) is 0 Å². The van der Waals surface area contributed by atoms with Crippen LogP contribution in [0.4, 0.5) is 11.5 Å². The van der Waals surface area contributed by atoms with E-state index in [0.717, 1.165) is 11.4 Å². The highest BCUT2D eigenvalue weighted by atomic mass is 15.2. The average molecular weight is 190 g/mol. The molecule has 0 bridgehead atoms.